The van der Waals surface area contributed by atoms with Crippen LogP contribution >= 0.6 is 11.6 Å². The fourth-order valence-electron chi connectivity index (χ4n) is 5.27. The van der Waals surface area contributed by atoms with Gasteiger partial charge in [-0.25, -0.2) is 4.79 Å². The van der Waals surface area contributed by atoms with Crippen LogP contribution in [-0.4, -0.2) is 65.6 Å². The molecule has 2 heterocycles. The predicted molar refractivity (Wildman–Crippen MR) is 126 cm³/mol. The number of phenolic OH excluding ortho intramolecular Hbond substituents is 1. The number of nitrogens with zero attached hydrogens (tertiary/aromatic N) is 2. The number of hydrogen-bond acceptors (Lipinski definition) is 4. The Balaban J connectivity index is 1.17. The molecule has 2 saturated heterocycles. The van der Waals surface area contributed by atoms with Gasteiger partial charge in [0.05, 0.1) is 5.69 Å². The topological polar surface area (TPSA) is 84.9 Å². The van der Waals surface area contributed by atoms with Gasteiger partial charge in [0.2, 0.25) is 5.91 Å². The summed E-state index contributed by atoms with van der Waals surface area (Å²) in [7, 11) is 0. The molecule has 1 aromatic carbocycles. The number of benzene rings is 1. The van der Waals surface area contributed by atoms with E-state index < -0.39 is 0 Å². The lowest BCUT2D eigenvalue weighted by molar-refractivity contribution is -0.121. The molecule has 7 nitrogen and oxygen atoms in total. The Labute approximate surface area is 195 Å². The van der Waals surface area contributed by atoms with Crippen LogP contribution in [0.25, 0.3) is 0 Å². The second kappa shape index (κ2) is 10.8. The van der Waals surface area contributed by atoms with E-state index in [9.17, 15) is 14.7 Å². The molecule has 0 radical (unpaired) electrons. The van der Waals surface area contributed by atoms with E-state index in [-0.39, 0.29) is 29.6 Å². The molecule has 0 unspecified atom stereocenters. The number of amides is 3. The molecule has 3 N–H and O–H groups in total. The monoisotopic (exact) mass is 462 g/mol. The lowest BCUT2D eigenvalue weighted by atomic mass is 9.96. The van der Waals surface area contributed by atoms with E-state index in [1.807, 2.05) is 4.90 Å². The molecule has 1 aliphatic carbocycles. The number of halogens is 1. The summed E-state index contributed by atoms with van der Waals surface area (Å²) in [5, 5.41) is 16.3. The van der Waals surface area contributed by atoms with E-state index in [0.29, 0.717) is 36.6 Å². The SMILES string of the molecule is O=C(Nc1cc(Cl)ccc1O)C1CCN(C(=O)NC2CCN(CC3CCCC3)CC2)CC1. The van der Waals surface area contributed by atoms with Crippen LogP contribution in [-0.2, 0) is 4.79 Å². The van der Waals surface area contributed by atoms with Crippen molar-refractivity contribution in [1.29, 1.82) is 0 Å². The largest absolute Gasteiger partial charge is 0.506 e. The first kappa shape index (κ1) is 23.2. The van der Waals surface area contributed by atoms with Crippen LogP contribution in [0.5, 0.6) is 5.75 Å². The molecule has 0 aromatic heterocycles. The van der Waals surface area contributed by atoms with Gasteiger partial charge < -0.3 is 25.5 Å². The Bertz CT molecular complexity index is 798. The summed E-state index contributed by atoms with van der Waals surface area (Å²) in [5.41, 5.74) is 0.321. The standard InChI is InChI=1S/C24H35ClN4O3/c25-19-5-6-22(30)21(15-19)27-23(31)18-7-13-29(14-8-18)24(32)26-20-9-11-28(12-10-20)16-17-3-1-2-4-17/h5-6,15,17-18,20,30H,1-4,7-14,16H2,(H,26,32)(H,27,31). The number of likely N-dealkylation sites (tertiary alicyclic amines) is 2. The molecule has 0 atom stereocenters. The van der Waals surface area contributed by atoms with Crippen molar-refractivity contribution in [3.63, 3.8) is 0 Å². The van der Waals surface area contributed by atoms with Crippen LogP contribution in [0, 0.1) is 11.8 Å². The molecule has 3 fully saturated rings. The van der Waals surface area contributed by atoms with Gasteiger partial charge in [0.25, 0.3) is 0 Å². The number of piperidine rings is 2. The number of rotatable bonds is 5. The van der Waals surface area contributed by atoms with Crippen molar-refractivity contribution in [3.8, 4) is 5.75 Å². The number of anilines is 1. The van der Waals surface area contributed by atoms with Crippen LogP contribution in [0.3, 0.4) is 0 Å². The molecule has 176 valence electrons. The average Bonchev–Trinajstić information content (AvgIpc) is 3.31. The lowest BCUT2D eigenvalue weighted by Gasteiger charge is -2.36. The van der Waals surface area contributed by atoms with Crippen molar-refractivity contribution in [1.82, 2.24) is 15.1 Å². The Morgan fingerprint density at radius 3 is 2.38 bits per heavy atom. The number of aromatic hydroxyl groups is 1. The molecule has 0 bridgehead atoms. The third-order valence-electron chi connectivity index (χ3n) is 7.28. The Morgan fingerprint density at radius 1 is 1.00 bits per heavy atom. The summed E-state index contributed by atoms with van der Waals surface area (Å²) in [6.45, 7) is 4.49. The summed E-state index contributed by atoms with van der Waals surface area (Å²) >= 11 is 5.95. The maximum atomic E-state index is 12.7. The van der Waals surface area contributed by atoms with Crippen molar-refractivity contribution < 1.29 is 14.7 Å². The molecule has 8 heteroatoms. The van der Waals surface area contributed by atoms with Gasteiger partial charge in [-0.05, 0) is 62.6 Å². The highest BCUT2D eigenvalue weighted by Gasteiger charge is 2.30. The third-order valence-corrected chi connectivity index (χ3v) is 7.51. The second-order valence-corrected chi connectivity index (χ2v) is 10.0. The van der Waals surface area contributed by atoms with Gasteiger partial charge in [-0.3, -0.25) is 4.79 Å². The average molecular weight is 463 g/mol. The van der Waals surface area contributed by atoms with Crippen LogP contribution in [0.1, 0.15) is 51.4 Å². The molecule has 1 saturated carbocycles. The first-order valence-electron chi connectivity index (χ1n) is 12.0. The van der Waals surface area contributed by atoms with Gasteiger partial charge in [-0.15, -0.1) is 0 Å². The summed E-state index contributed by atoms with van der Waals surface area (Å²) in [4.78, 5) is 29.7. The molecule has 2 aliphatic heterocycles. The molecular weight excluding hydrogens is 428 g/mol. The predicted octanol–water partition coefficient (Wildman–Crippen LogP) is 4.06. The Morgan fingerprint density at radius 2 is 1.69 bits per heavy atom. The number of phenols is 1. The second-order valence-electron chi connectivity index (χ2n) is 9.59. The van der Waals surface area contributed by atoms with Crippen molar-refractivity contribution in [2.24, 2.45) is 11.8 Å². The first-order chi connectivity index (χ1) is 15.5. The van der Waals surface area contributed by atoms with Gasteiger partial charge in [-0.1, -0.05) is 24.4 Å². The minimum Gasteiger partial charge on any atom is -0.506 e. The fourth-order valence-corrected chi connectivity index (χ4v) is 5.44. The summed E-state index contributed by atoms with van der Waals surface area (Å²) < 4.78 is 0. The van der Waals surface area contributed by atoms with Gasteiger partial charge in [0.1, 0.15) is 5.75 Å². The maximum absolute atomic E-state index is 12.7. The summed E-state index contributed by atoms with van der Waals surface area (Å²) in [6.07, 6.45) is 8.79. The molecule has 3 aliphatic rings. The summed E-state index contributed by atoms with van der Waals surface area (Å²) in [6, 6.07) is 4.81. The molecule has 1 aromatic rings. The number of carbonyl (C=O) groups excluding carboxylic acids is 2. The van der Waals surface area contributed by atoms with E-state index in [0.717, 1.165) is 31.8 Å². The van der Waals surface area contributed by atoms with Gasteiger partial charge in [-0.2, -0.15) is 0 Å². The van der Waals surface area contributed by atoms with Gasteiger partial charge in [0, 0.05) is 49.7 Å². The Kier molecular flexibility index (Phi) is 7.79. The quantitative estimate of drug-likeness (QED) is 0.576. The number of carbonyl (C=O) groups is 2. The summed E-state index contributed by atoms with van der Waals surface area (Å²) in [5.74, 6) is 0.546. The van der Waals surface area contributed by atoms with E-state index >= 15 is 0 Å². The molecule has 3 amide bonds. The van der Waals surface area contributed by atoms with Crippen LogP contribution < -0.4 is 10.6 Å². The molecule has 4 rings (SSSR count). The number of nitrogens with one attached hydrogen (secondary N) is 2. The van der Waals surface area contributed by atoms with Crippen molar-refractivity contribution in [2.45, 2.75) is 57.4 Å². The highest BCUT2D eigenvalue weighted by Crippen LogP contribution is 2.29. The highest BCUT2D eigenvalue weighted by molar-refractivity contribution is 6.31. The Hall–Kier alpha value is -1.99. The van der Waals surface area contributed by atoms with Crippen LogP contribution in [0.2, 0.25) is 5.02 Å². The minimum absolute atomic E-state index is 0.00569. The third kappa shape index (κ3) is 6.07. The smallest absolute Gasteiger partial charge is 0.317 e. The number of urea groups is 1. The normalized spacial score (nSPS) is 21.6. The zero-order chi connectivity index (χ0) is 22.5. The van der Waals surface area contributed by atoms with Crippen molar-refractivity contribution in [3.05, 3.63) is 23.2 Å². The first-order valence-corrected chi connectivity index (χ1v) is 12.4. The maximum Gasteiger partial charge on any atom is 0.317 e. The minimum atomic E-state index is -0.184. The van der Waals surface area contributed by atoms with Gasteiger partial charge >= 0.3 is 6.03 Å². The van der Waals surface area contributed by atoms with E-state index in [2.05, 4.69) is 15.5 Å². The zero-order valence-corrected chi connectivity index (χ0v) is 19.4. The van der Waals surface area contributed by atoms with E-state index in [1.54, 1.807) is 6.07 Å². The van der Waals surface area contributed by atoms with Gasteiger partial charge in [0.15, 0.2) is 0 Å². The molecule has 32 heavy (non-hydrogen) atoms. The van der Waals surface area contributed by atoms with Crippen LogP contribution in [0.15, 0.2) is 18.2 Å². The zero-order valence-electron chi connectivity index (χ0n) is 18.7. The van der Waals surface area contributed by atoms with Crippen molar-refractivity contribution >= 4 is 29.2 Å². The fraction of sp³-hybridized carbons (Fsp3) is 0.667. The molecule has 0 spiro atoms. The van der Waals surface area contributed by atoms with E-state index in [4.69, 9.17) is 11.6 Å². The number of hydrogen-bond donors (Lipinski definition) is 3. The van der Waals surface area contributed by atoms with E-state index in [1.165, 1.54) is 44.4 Å². The molecular formula is C24H35ClN4O3. The van der Waals surface area contributed by atoms with Crippen LogP contribution in [0.4, 0.5) is 10.5 Å². The highest BCUT2D eigenvalue weighted by atomic mass is 35.5. The lowest BCUT2D eigenvalue weighted by Crippen LogP contribution is -2.51. The van der Waals surface area contributed by atoms with Crippen molar-refractivity contribution in [2.75, 3.05) is 38.0 Å².